The third-order valence-corrected chi connectivity index (χ3v) is 3.90. The van der Waals surface area contributed by atoms with Crippen molar-refractivity contribution >= 4 is 11.6 Å². The summed E-state index contributed by atoms with van der Waals surface area (Å²) in [5.41, 5.74) is 2.84. The molecule has 0 spiro atoms. The summed E-state index contributed by atoms with van der Waals surface area (Å²) in [6, 6.07) is 12.6. The number of hydrogen-bond donors (Lipinski definition) is 2. The fourth-order valence-electron chi connectivity index (χ4n) is 2.66. The van der Waals surface area contributed by atoms with Gasteiger partial charge in [0.2, 0.25) is 5.91 Å². The van der Waals surface area contributed by atoms with Gasteiger partial charge in [0.15, 0.2) is 11.5 Å². The maximum atomic E-state index is 12.8. The van der Waals surface area contributed by atoms with E-state index in [0.717, 1.165) is 16.8 Å². The highest BCUT2D eigenvalue weighted by Crippen LogP contribution is 2.27. The second-order valence-electron chi connectivity index (χ2n) is 5.85. The van der Waals surface area contributed by atoms with Crippen molar-refractivity contribution in [1.82, 2.24) is 0 Å². The number of anilines is 1. The van der Waals surface area contributed by atoms with Gasteiger partial charge in [-0.2, -0.15) is 0 Å². The summed E-state index contributed by atoms with van der Waals surface area (Å²) in [5, 5.41) is 18.9. The summed E-state index contributed by atoms with van der Waals surface area (Å²) in [5.74, 6) is -0.485. The molecular formula is C19H23NO3. The van der Waals surface area contributed by atoms with E-state index in [1.54, 1.807) is 11.0 Å². The van der Waals surface area contributed by atoms with E-state index < -0.39 is 0 Å². The zero-order valence-electron chi connectivity index (χ0n) is 13.8. The highest BCUT2D eigenvalue weighted by atomic mass is 16.3. The number of amides is 1. The minimum Gasteiger partial charge on any atom is -0.504 e. The van der Waals surface area contributed by atoms with Gasteiger partial charge in [0, 0.05) is 18.2 Å². The third kappa shape index (κ3) is 4.03. The summed E-state index contributed by atoms with van der Waals surface area (Å²) in [6.07, 6.45) is 0.509. The molecule has 0 fully saturated rings. The van der Waals surface area contributed by atoms with Crippen LogP contribution >= 0.6 is 0 Å². The van der Waals surface area contributed by atoms with Gasteiger partial charge in [-0.25, -0.2) is 0 Å². The number of hydrogen-bond acceptors (Lipinski definition) is 3. The minimum atomic E-state index is -0.223. The largest absolute Gasteiger partial charge is 0.504 e. The van der Waals surface area contributed by atoms with Crippen LogP contribution in [-0.4, -0.2) is 22.7 Å². The van der Waals surface area contributed by atoms with Gasteiger partial charge in [0.25, 0.3) is 0 Å². The number of aryl methyl sites for hydroxylation is 1. The molecule has 0 aliphatic carbocycles. The Hall–Kier alpha value is -2.49. The van der Waals surface area contributed by atoms with E-state index in [1.165, 1.54) is 12.1 Å². The van der Waals surface area contributed by atoms with Crippen LogP contribution in [0.2, 0.25) is 0 Å². The summed E-state index contributed by atoms with van der Waals surface area (Å²) in [4.78, 5) is 14.5. The number of carbonyl (C=O) groups excluding carboxylic acids is 1. The third-order valence-electron chi connectivity index (χ3n) is 3.90. The highest BCUT2D eigenvalue weighted by Gasteiger charge is 2.21. The molecule has 2 N–H and O–H groups in total. The van der Waals surface area contributed by atoms with E-state index in [0.29, 0.717) is 13.0 Å². The standard InChI is InChI=1S/C19H23NO3/c1-4-20(16-7-5-6-13(2)10-16)19(23)14(3)11-15-8-9-17(21)18(22)12-15/h5-10,12,14,21-22H,4,11H2,1-3H3. The first-order valence-electron chi connectivity index (χ1n) is 7.81. The molecule has 0 aliphatic heterocycles. The van der Waals surface area contributed by atoms with E-state index >= 15 is 0 Å². The molecule has 0 saturated heterocycles. The maximum Gasteiger partial charge on any atom is 0.230 e. The van der Waals surface area contributed by atoms with Crippen LogP contribution in [0.3, 0.4) is 0 Å². The molecule has 2 aromatic carbocycles. The lowest BCUT2D eigenvalue weighted by molar-refractivity contribution is -0.121. The van der Waals surface area contributed by atoms with E-state index in [9.17, 15) is 15.0 Å². The minimum absolute atomic E-state index is 0.0469. The first kappa shape index (κ1) is 16.9. The Labute approximate surface area is 137 Å². The van der Waals surface area contributed by atoms with E-state index in [-0.39, 0.29) is 23.3 Å². The number of carbonyl (C=O) groups is 1. The lowest BCUT2D eigenvalue weighted by Gasteiger charge is -2.25. The van der Waals surface area contributed by atoms with Crippen molar-refractivity contribution in [1.29, 1.82) is 0 Å². The Balaban J connectivity index is 2.15. The van der Waals surface area contributed by atoms with Crippen LogP contribution in [0.5, 0.6) is 11.5 Å². The second kappa shape index (κ2) is 7.18. The molecule has 0 aromatic heterocycles. The summed E-state index contributed by atoms with van der Waals surface area (Å²) in [6.45, 7) is 6.45. The quantitative estimate of drug-likeness (QED) is 0.829. The molecule has 0 saturated carbocycles. The fraction of sp³-hybridized carbons (Fsp3) is 0.316. The number of phenolic OH excluding ortho intramolecular Hbond substituents is 2. The number of nitrogens with zero attached hydrogens (tertiary/aromatic N) is 1. The lowest BCUT2D eigenvalue weighted by Crippen LogP contribution is -2.35. The van der Waals surface area contributed by atoms with Crippen molar-refractivity contribution in [2.75, 3.05) is 11.4 Å². The molecule has 1 amide bonds. The number of benzene rings is 2. The van der Waals surface area contributed by atoms with Crippen LogP contribution in [-0.2, 0) is 11.2 Å². The van der Waals surface area contributed by atoms with Gasteiger partial charge in [-0.3, -0.25) is 4.79 Å². The predicted molar refractivity (Wildman–Crippen MR) is 91.8 cm³/mol. The molecule has 0 bridgehead atoms. The Bertz CT molecular complexity index is 697. The molecule has 4 nitrogen and oxygen atoms in total. The second-order valence-corrected chi connectivity index (χ2v) is 5.85. The van der Waals surface area contributed by atoms with Crippen LogP contribution in [0.1, 0.15) is 25.0 Å². The number of phenols is 2. The first-order chi connectivity index (χ1) is 10.9. The monoisotopic (exact) mass is 313 g/mol. The maximum absolute atomic E-state index is 12.8. The van der Waals surface area contributed by atoms with Gasteiger partial charge >= 0.3 is 0 Å². The topological polar surface area (TPSA) is 60.8 Å². The van der Waals surface area contributed by atoms with E-state index in [2.05, 4.69) is 0 Å². The summed E-state index contributed by atoms with van der Waals surface area (Å²) < 4.78 is 0. The Morgan fingerprint density at radius 2 is 1.87 bits per heavy atom. The molecule has 0 aliphatic rings. The molecule has 4 heteroatoms. The van der Waals surface area contributed by atoms with Crippen LogP contribution < -0.4 is 4.90 Å². The van der Waals surface area contributed by atoms with Gasteiger partial charge in [0.05, 0.1) is 0 Å². The SMILES string of the molecule is CCN(C(=O)C(C)Cc1ccc(O)c(O)c1)c1cccc(C)c1. The molecule has 0 heterocycles. The molecule has 0 radical (unpaired) electrons. The molecular weight excluding hydrogens is 290 g/mol. The van der Waals surface area contributed by atoms with Gasteiger partial charge in [-0.1, -0.05) is 25.1 Å². The van der Waals surface area contributed by atoms with Gasteiger partial charge in [-0.15, -0.1) is 0 Å². The van der Waals surface area contributed by atoms with Crippen molar-refractivity contribution in [2.24, 2.45) is 5.92 Å². The first-order valence-corrected chi connectivity index (χ1v) is 7.81. The fourth-order valence-corrected chi connectivity index (χ4v) is 2.66. The van der Waals surface area contributed by atoms with Crippen molar-refractivity contribution in [2.45, 2.75) is 27.2 Å². The summed E-state index contributed by atoms with van der Waals surface area (Å²) >= 11 is 0. The van der Waals surface area contributed by atoms with Crippen LogP contribution in [0.25, 0.3) is 0 Å². The van der Waals surface area contributed by atoms with Crippen LogP contribution in [0.4, 0.5) is 5.69 Å². The lowest BCUT2D eigenvalue weighted by atomic mass is 9.99. The average molecular weight is 313 g/mol. The van der Waals surface area contributed by atoms with Crippen molar-refractivity contribution < 1.29 is 15.0 Å². The van der Waals surface area contributed by atoms with Gasteiger partial charge in [0.1, 0.15) is 0 Å². The Morgan fingerprint density at radius 1 is 1.13 bits per heavy atom. The normalized spacial score (nSPS) is 12.0. The number of rotatable bonds is 5. The van der Waals surface area contributed by atoms with Crippen LogP contribution in [0, 0.1) is 12.8 Å². The van der Waals surface area contributed by atoms with Gasteiger partial charge < -0.3 is 15.1 Å². The molecule has 1 atom stereocenters. The zero-order valence-corrected chi connectivity index (χ0v) is 13.8. The Kier molecular flexibility index (Phi) is 5.27. The molecule has 2 aromatic rings. The van der Waals surface area contributed by atoms with Crippen LogP contribution in [0.15, 0.2) is 42.5 Å². The predicted octanol–water partition coefficient (Wildman–Crippen LogP) is 3.64. The molecule has 2 rings (SSSR count). The van der Waals surface area contributed by atoms with Crippen molar-refractivity contribution in [3.63, 3.8) is 0 Å². The van der Waals surface area contributed by atoms with Gasteiger partial charge in [-0.05, 0) is 55.7 Å². The molecule has 1 unspecified atom stereocenters. The Morgan fingerprint density at radius 3 is 2.48 bits per heavy atom. The van der Waals surface area contributed by atoms with E-state index in [1.807, 2.05) is 45.0 Å². The van der Waals surface area contributed by atoms with Crippen molar-refractivity contribution in [3.8, 4) is 11.5 Å². The smallest absolute Gasteiger partial charge is 0.230 e. The molecule has 122 valence electrons. The summed E-state index contributed by atoms with van der Waals surface area (Å²) in [7, 11) is 0. The van der Waals surface area contributed by atoms with Crippen molar-refractivity contribution in [3.05, 3.63) is 53.6 Å². The average Bonchev–Trinajstić information content (AvgIpc) is 2.51. The highest BCUT2D eigenvalue weighted by molar-refractivity contribution is 5.95. The zero-order chi connectivity index (χ0) is 17.0. The van der Waals surface area contributed by atoms with E-state index in [4.69, 9.17) is 0 Å². The molecule has 23 heavy (non-hydrogen) atoms. The number of aromatic hydroxyl groups is 2.